The van der Waals surface area contributed by atoms with E-state index in [0.29, 0.717) is 0 Å². The summed E-state index contributed by atoms with van der Waals surface area (Å²) in [6, 6.07) is 18.5. The lowest BCUT2D eigenvalue weighted by atomic mass is 9.80. The minimum atomic E-state index is -0.297. The molecule has 2 heterocycles. The summed E-state index contributed by atoms with van der Waals surface area (Å²) >= 11 is 0. The Morgan fingerprint density at radius 1 is 0.971 bits per heavy atom. The highest BCUT2D eigenvalue weighted by molar-refractivity contribution is 6.16. The number of amides is 1. The second kappa shape index (κ2) is 8.26. The summed E-state index contributed by atoms with van der Waals surface area (Å²) in [6.07, 6.45) is 1.65. The van der Waals surface area contributed by atoms with Gasteiger partial charge in [-0.2, -0.15) is 0 Å². The molecule has 0 aromatic heterocycles. The first-order chi connectivity index (χ1) is 16.5. The number of hydrogen-bond acceptors (Lipinski definition) is 4. The van der Waals surface area contributed by atoms with E-state index in [-0.39, 0.29) is 17.0 Å². The van der Waals surface area contributed by atoms with Crippen molar-refractivity contribution in [2.45, 2.75) is 58.6 Å². The van der Waals surface area contributed by atoms with Gasteiger partial charge in [-0.05, 0) is 75.1 Å². The second-order valence-electron chi connectivity index (χ2n) is 10.8. The third kappa shape index (κ3) is 4.43. The van der Waals surface area contributed by atoms with Crippen LogP contribution in [-0.2, 0) is 17.6 Å². The van der Waals surface area contributed by atoms with Gasteiger partial charge < -0.3 is 14.8 Å². The Hall–Kier alpha value is -3.60. The van der Waals surface area contributed by atoms with Crippen molar-refractivity contribution in [3.63, 3.8) is 0 Å². The molecule has 1 N–H and O–H groups in total. The summed E-state index contributed by atoms with van der Waals surface area (Å²) in [5, 5.41) is 2.87. The van der Waals surface area contributed by atoms with E-state index in [2.05, 4.69) is 69.4 Å². The molecule has 0 fully saturated rings. The van der Waals surface area contributed by atoms with Gasteiger partial charge in [0.25, 0.3) is 0 Å². The number of hydrogen-bond donors (Lipinski definition) is 1. The van der Waals surface area contributed by atoms with Crippen molar-refractivity contribution >= 4 is 17.3 Å². The molecule has 0 atom stereocenters. The van der Waals surface area contributed by atoms with Gasteiger partial charge in [-0.3, -0.25) is 9.79 Å². The number of rotatable bonds is 4. The zero-order valence-corrected chi connectivity index (χ0v) is 21.3. The van der Waals surface area contributed by atoms with E-state index in [0.717, 1.165) is 52.4 Å². The lowest BCUT2D eigenvalue weighted by molar-refractivity contribution is -0.114. The number of anilines is 1. The van der Waals surface area contributed by atoms with Crippen LogP contribution in [0.15, 0.2) is 59.6 Å². The summed E-state index contributed by atoms with van der Waals surface area (Å²) in [4.78, 5) is 16.8. The highest BCUT2D eigenvalue weighted by Gasteiger charge is 2.39. The quantitative estimate of drug-likeness (QED) is 0.495. The summed E-state index contributed by atoms with van der Waals surface area (Å²) in [6.45, 7) is 10.1. The third-order valence-corrected chi connectivity index (χ3v) is 6.55. The van der Waals surface area contributed by atoms with Crippen molar-refractivity contribution < 1.29 is 14.3 Å². The van der Waals surface area contributed by atoms with Crippen molar-refractivity contribution in [2.24, 2.45) is 4.99 Å². The molecule has 2 aliphatic heterocycles. The van der Waals surface area contributed by atoms with E-state index in [9.17, 15) is 4.79 Å². The number of carbonyl (C=O) groups is 1. The molecular formula is C30H32N2O3. The molecule has 5 heteroatoms. The molecule has 5 rings (SSSR count). The number of nitrogens with zero attached hydrogens (tertiary/aromatic N) is 1. The van der Waals surface area contributed by atoms with Gasteiger partial charge in [0.2, 0.25) is 5.91 Å². The number of aliphatic imine (C=N–C) groups is 1. The maximum absolute atomic E-state index is 11.5. The van der Waals surface area contributed by atoms with Crippen molar-refractivity contribution in [1.82, 2.24) is 0 Å². The van der Waals surface area contributed by atoms with Crippen molar-refractivity contribution in [1.29, 1.82) is 0 Å². The number of fused-ring (bicyclic) bond motifs is 3. The molecule has 5 nitrogen and oxygen atoms in total. The Kier molecular flexibility index (Phi) is 5.47. The van der Waals surface area contributed by atoms with E-state index in [1.54, 1.807) is 7.11 Å². The minimum absolute atomic E-state index is 0.0827. The molecule has 0 spiro atoms. The molecule has 3 aromatic rings. The lowest BCUT2D eigenvalue weighted by Gasteiger charge is -2.31. The van der Waals surface area contributed by atoms with Gasteiger partial charge in [0.15, 0.2) is 11.5 Å². The molecule has 0 unspecified atom stereocenters. The Morgan fingerprint density at radius 2 is 1.66 bits per heavy atom. The first kappa shape index (κ1) is 23.2. The van der Waals surface area contributed by atoms with Crippen LogP contribution in [0, 0.1) is 0 Å². The Bertz CT molecular complexity index is 1370. The Labute approximate surface area is 207 Å². The molecule has 0 radical (unpaired) electrons. The highest BCUT2D eigenvalue weighted by atomic mass is 16.5. The molecule has 0 saturated carbocycles. The van der Waals surface area contributed by atoms with Crippen LogP contribution in [0.3, 0.4) is 0 Å². The Balaban J connectivity index is 1.65. The van der Waals surface area contributed by atoms with Crippen molar-refractivity contribution in [3.8, 4) is 22.6 Å². The van der Waals surface area contributed by atoms with Crippen LogP contribution in [0.2, 0.25) is 0 Å². The highest BCUT2D eigenvalue weighted by Crippen LogP contribution is 2.48. The lowest BCUT2D eigenvalue weighted by Crippen LogP contribution is -2.30. The SMILES string of the molecule is COc1cc2c(c3c1OC(C)(C)C3)C(c1cccc(-c3cccc(NC(C)=O)c3)c1)=NC(C)(C)C2. The smallest absolute Gasteiger partial charge is 0.221 e. The van der Waals surface area contributed by atoms with E-state index in [1.165, 1.54) is 23.6 Å². The fourth-order valence-electron chi connectivity index (χ4n) is 5.26. The normalized spacial score (nSPS) is 17.0. The topological polar surface area (TPSA) is 59.9 Å². The molecule has 0 bridgehead atoms. The van der Waals surface area contributed by atoms with E-state index in [1.807, 2.05) is 18.2 Å². The number of ether oxygens (including phenoxy) is 2. The van der Waals surface area contributed by atoms with Gasteiger partial charge in [0.05, 0.1) is 18.4 Å². The molecule has 2 aliphatic rings. The fraction of sp³-hybridized carbons (Fsp3) is 0.333. The number of methoxy groups -OCH3 is 1. The van der Waals surface area contributed by atoms with Crippen LogP contribution in [0.4, 0.5) is 5.69 Å². The van der Waals surface area contributed by atoms with Gasteiger partial charge in [-0.25, -0.2) is 0 Å². The van der Waals surface area contributed by atoms with Gasteiger partial charge >= 0.3 is 0 Å². The monoisotopic (exact) mass is 468 g/mol. The van der Waals surface area contributed by atoms with Crippen LogP contribution in [0.1, 0.15) is 56.9 Å². The van der Waals surface area contributed by atoms with E-state index >= 15 is 0 Å². The predicted molar refractivity (Wildman–Crippen MR) is 141 cm³/mol. The zero-order chi connectivity index (χ0) is 25.0. The molecule has 0 aliphatic carbocycles. The molecule has 0 saturated heterocycles. The number of benzene rings is 3. The first-order valence-corrected chi connectivity index (χ1v) is 12.1. The van der Waals surface area contributed by atoms with Crippen molar-refractivity contribution in [3.05, 3.63) is 76.9 Å². The fourth-order valence-corrected chi connectivity index (χ4v) is 5.26. The molecule has 1 amide bonds. The maximum atomic E-state index is 11.5. The van der Waals surface area contributed by atoms with E-state index < -0.39 is 0 Å². The van der Waals surface area contributed by atoms with Crippen LogP contribution in [-0.4, -0.2) is 29.9 Å². The van der Waals surface area contributed by atoms with Gasteiger partial charge in [0.1, 0.15) is 5.60 Å². The first-order valence-electron chi connectivity index (χ1n) is 12.1. The van der Waals surface area contributed by atoms with Crippen LogP contribution in [0.25, 0.3) is 11.1 Å². The second-order valence-corrected chi connectivity index (χ2v) is 10.8. The van der Waals surface area contributed by atoms with Crippen LogP contribution >= 0.6 is 0 Å². The largest absolute Gasteiger partial charge is 0.493 e. The van der Waals surface area contributed by atoms with Crippen LogP contribution in [0.5, 0.6) is 11.5 Å². The zero-order valence-electron chi connectivity index (χ0n) is 21.3. The average molecular weight is 469 g/mol. The average Bonchev–Trinajstić information content (AvgIpc) is 3.12. The van der Waals surface area contributed by atoms with Gasteiger partial charge in [-0.1, -0.05) is 30.3 Å². The standard InChI is InChI=1S/C30H32N2O3/c1-18(33)31-23-12-8-10-20(14-23)19-9-7-11-21(13-19)27-26-22(16-29(2,3)32-27)15-25(34-6)28-24(26)17-30(4,5)35-28/h7-15H,16-17H2,1-6H3,(H,31,33). The summed E-state index contributed by atoms with van der Waals surface area (Å²) in [5.74, 6) is 1.55. The Morgan fingerprint density at radius 3 is 2.37 bits per heavy atom. The molecule has 180 valence electrons. The maximum Gasteiger partial charge on any atom is 0.221 e. The summed E-state index contributed by atoms with van der Waals surface area (Å²) < 4.78 is 12.1. The summed E-state index contributed by atoms with van der Waals surface area (Å²) in [5.41, 5.74) is 8.03. The third-order valence-electron chi connectivity index (χ3n) is 6.55. The number of nitrogens with one attached hydrogen (secondary N) is 1. The predicted octanol–water partition coefficient (Wildman–Crippen LogP) is 6.21. The van der Waals surface area contributed by atoms with Crippen molar-refractivity contribution in [2.75, 3.05) is 12.4 Å². The molecular weight excluding hydrogens is 436 g/mol. The van der Waals surface area contributed by atoms with E-state index in [4.69, 9.17) is 14.5 Å². The molecule has 35 heavy (non-hydrogen) atoms. The van der Waals surface area contributed by atoms with Crippen LogP contribution < -0.4 is 14.8 Å². The minimum Gasteiger partial charge on any atom is -0.493 e. The van der Waals surface area contributed by atoms with Gasteiger partial charge in [-0.15, -0.1) is 0 Å². The molecule has 3 aromatic carbocycles. The summed E-state index contributed by atoms with van der Waals surface area (Å²) in [7, 11) is 1.71. The van der Waals surface area contributed by atoms with Gasteiger partial charge in [0, 0.05) is 35.7 Å². The number of carbonyl (C=O) groups excluding carboxylic acids is 1.